The monoisotopic (exact) mass is 382 g/mol. The van der Waals surface area contributed by atoms with Crippen LogP contribution in [0.15, 0.2) is 24.3 Å². The van der Waals surface area contributed by atoms with Crippen LogP contribution in [0.1, 0.15) is 36.4 Å². The summed E-state index contributed by atoms with van der Waals surface area (Å²) < 4.78 is 4.58. The number of rotatable bonds is 7. The second kappa shape index (κ2) is 9.33. The highest BCUT2D eigenvalue weighted by atomic mass is 35.5. The summed E-state index contributed by atoms with van der Waals surface area (Å²) in [7, 11) is 1.36. The van der Waals surface area contributed by atoms with Gasteiger partial charge in [0.15, 0.2) is 0 Å². The molecule has 1 atom stereocenters. The lowest BCUT2D eigenvalue weighted by molar-refractivity contribution is -0.140. The minimum atomic E-state index is -0.371. The second-order valence-corrected chi connectivity index (χ2v) is 6.80. The number of hydrogen-bond acceptors (Lipinski definition) is 6. The van der Waals surface area contributed by atoms with Crippen molar-refractivity contribution in [1.82, 2.24) is 15.5 Å². The van der Waals surface area contributed by atoms with E-state index >= 15 is 0 Å². The van der Waals surface area contributed by atoms with Crippen LogP contribution in [0.5, 0.6) is 0 Å². The third-order valence-corrected chi connectivity index (χ3v) is 4.52. The number of methoxy groups -OCH3 is 1. The number of amides is 2. The summed E-state index contributed by atoms with van der Waals surface area (Å²) in [5.74, 6) is -0.253. The molecule has 25 heavy (non-hydrogen) atoms. The maximum absolute atomic E-state index is 12.1. The lowest BCUT2D eigenvalue weighted by Gasteiger charge is -2.14. The third-order valence-electron chi connectivity index (χ3n) is 3.38. The molecule has 0 fully saturated rings. The minimum Gasteiger partial charge on any atom is -0.469 e. The molecule has 0 spiro atoms. The van der Waals surface area contributed by atoms with Crippen molar-refractivity contribution in [2.24, 2.45) is 0 Å². The summed E-state index contributed by atoms with van der Waals surface area (Å²) in [6, 6.07) is 6.73. The number of hydrogen-bond donors (Lipinski definition) is 2. The normalized spacial score (nSPS) is 11.6. The molecule has 0 aliphatic heterocycles. The lowest BCUT2D eigenvalue weighted by Crippen LogP contribution is -2.31. The first-order chi connectivity index (χ1) is 12.0. The van der Waals surface area contributed by atoms with Gasteiger partial charge < -0.3 is 10.1 Å². The summed E-state index contributed by atoms with van der Waals surface area (Å²) in [4.78, 5) is 23.1. The van der Waals surface area contributed by atoms with E-state index in [1.54, 1.807) is 12.1 Å². The van der Waals surface area contributed by atoms with E-state index in [1.165, 1.54) is 18.4 Å². The molecule has 2 N–H and O–H groups in total. The van der Waals surface area contributed by atoms with Crippen LogP contribution in [-0.4, -0.2) is 29.3 Å². The Balaban J connectivity index is 1.81. The molecule has 1 unspecified atom stereocenters. The highest BCUT2D eigenvalue weighted by Gasteiger charge is 2.12. The van der Waals surface area contributed by atoms with Gasteiger partial charge in [0.1, 0.15) is 5.01 Å². The number of nitrogens with zero attached hydrogens (tertiary/aromatic N) is 2. The van der Waals surface area contributed by atoms with Gasteiger partial charge >= 0.3 is 12.0 Å². The van der Waals surface area contributed by atoms with Crippen LogP contribution >= 0.6 is 22.9 Å². The Morgan fingerprint density at radius 2 is 2.16 bits per heavy atom. The van der Waals surface area contributed by atoms with Gasteiger partial charge in [-0.15, -0.1) is 10.2 Å². The van der Waals surface area contributed by atoms with E-state index in [4.69, 9.17) is 11.6 Å². The van der Waals surface area contributed by atoms with Crippen molar-refractivity contribution in [2.45, 2.75) is 32.2 Å². The molecule has 7 nitrogen and oxygen atoms in total. The van der Waals surface area contributed by atoms with Crippen LogP contribution < -0.4 is 10.6 Å². The number of urea groups is 1. The summed E-state index contributed by atoms with van der Waals surface area (Å²) in [6.45, 7) is 1.86. The predicted molar refractivity (Wildman–Crippen MR) is 96.9 cm³/mol. The molecule has 134 valence electrons. The molecule has 9 heteroatoms. The molecule has 1 heterocycles. The number of carbonyl (C=O) groups is 2. The quantitative estimate of drug-likeness (QED) is 0.714. The Hall–Kier alpha value is -2.19. The van der Waals surface area contributed by atoms with E-state index in [-0.39, 0.29) is 18.0 Å². The number of halogens is 1. The number of ether oxygens (including phenoxy) is 1. The average molecular weight is 383 g/mol. The first-order valence-electron chi connectivity index (χ1n) is 7.70. The van der Waals surface area contributed by atoms with Crippen LogP contribution in [0.4, 0.5) is 9.93 Å². The van der Waals surface area contributed by atoms with Gasteiger partial charge in [0.25, 0.3) is 0 Å². The molecule has 0 radical (unpaired) electrons. The Bertz CT molecular complexity index is 738. The van der Waals surface area contributed by atoms with Crippen molar-refractivity contribution >= 4 is 40.1 Å². The molecular weight excluding hydrogens is 364 g/mol. The standard InChI is InChI=1S/C16H19ClN4O3S/c1-10(11-5-3-6-12(17)9-11)18-15(23)19-16-21-20-13(25-16)7-4-8-14(22)24-2/h3,5-6,9-10H,4,7-8H2,1-2H3,(H2,18,19,21,23). The summed E-state index contributed by atoms with van der Waals surface area (Å²) in [5, 5.41) is 15.2. The molecular formula is C16H19ClN4O3S. The Morgan fingerprint density at radius 1 is 1.36 bits per heavy atom. The predicted octanol–water partition coefficient (Wildman–Crippen LogP) is 3.57. The molecule has 0 aliphatic carbocycles. The number of aryl methyl sites for hydroxylation is 1. The van der Waals surface area contributed by atoms with E-state index in [0.29, 0.717) is 29.4 Å². The highest BCUT2D eigenvalue weighted by Crippen LogP contribution is 2.19. The van der Waals surface area contributed by atoms with Gasteiger partial charge in [-0.25, -0.2) is 4.79 Å². The smallest absolute Gasteiger partial charge is 0.321 e. The van der Waals surface area contributed by atoms with Gasteiger partial charge in [-0.05, 0) is 31.0 Å². The fraction of sp³-hybridized carbons (Fsp3) is 0.375. The van der Waals surface area contributed by atoms with Gasteiger partial charge in [-0.2, -0.15) is 0 Å². The Kier molecular flexibility index (Phi) is 7.15. The maximum atomic E-state index is 12.1. The Morgan fingerprint density at radius 3 is 2.88 bits per heavy atom. The zero-order valence-electron chi connectivity index (χ0n) is 13.9. The fourth-order valence-electron chi connectivity index (χ4n) is 2.08. The van der Waals surface area contributed by atoms with Crippen molar-refractivity contribution in [3.05, 3.63) is 39.9 Å². The summed E-state index contributed by atoms with van der Waals surface area (Å²) >= 11 is 7.23. The molecule has 0 saturated heterocycles. The number of benzene rings is 1. The van der Waals surface area contributed by atoms with E-state index in [1.807, 2.05) is 19.1 Å². The zero-order valence-corrected chi connectivity index (χ0v) is 15.5. The van der Waals surface area contributed by atoms with E-state index in [2.05, 4.69) is 25.6 Å². The van der Waals surface area contributed by atoms with Crippen molar-refractivity contribution in [3.63, 3.8) is 0 Å². The first kappa shape index (κ1) is 19.1. The first-order valence-corrected chi connectivity index (χ1v) is 8.89. The van der Waals surface area contributed by atoms with Crippen molar-refractivity contribution in [3.8, 4) is 0 Å². The average Bonchev–Trinajstić information content (AvgIpc) is 3.01. The molecule has 2 rings (SSSR count). The van der Waals surface area contributed by atoms with E-state index < -0.39 is 0 Å². The number of carbonyl (C=O) groups excluding carboxylic acids is 2. The van der Waals surface area contributed by atoms with Crippen LogP contribution in [0.2, 0.25) is 5.02 Å². The largest absolute Gasteiger partial charge is 0.469 e. The van der Waals surface area contributed by atoms with Gasteiger partial charge in [0, 0.05) is 17.9 Å². The third kappa shape index (κ3) is 6.32. The highest BCUT2D eigenvalue weighted by molar-refractivity contribution is 7.15. The molecule has 1 aromatic heterocycles. The topological polar surface area (TPSA) is 93.2 Å². The zero-order chi connectivity index (χ0) is 18.2. The Labute approximate surface area is 154 Å². The minimum absolute atomic E-state index is 0.203. The number of aromatic nitrogens is 2. The summed E-state index contributed by atoms with van der Waals surface area (Å²) in [5.41, 5.74) is 0.906. The molecule has 2 amide bonds. The number of anilines is 1. The van der Waals surface area contributed by atoms with E-state index in [9.17, 15) is 9.59 Å². The maximum Gasteiger partial charge on any atom is 0.321 e. The molecule has 0 aliphatic rings. The van der Waals surface area contributed by atoms with Crippen LogP contribution in [0, 0.1) is 0 Å². The molecule has 2 aromatic rings. The van der Waals surface area contributed by atoms with Crippen molar-refractivity contribution in [2.75, 3.05) is 12.4 Å². The van der Waals surface area contributed by atoms with Gasteiger partial charge in [-0.3, -0.25) is 10.1 Å². The van der Waals surface area contributed by atoms with Gasteiger partial charge in [-0.1, -0.05) is 35.1 Å². The number of esters is 1. The van der Waals surface area contributed by atoms with Gasteiger partial charge in [0.05, 0.1) is 13.2 Å². The van der Waals surface area contributed by atoms with Crippen molar-refractivity contribution in [1.29, 1.82) is 0 Å². The molecule has 0 saturated carbocycles. The SMILES string of the molecule is COC(=O)CCCc1nnc(NC(=O)NC(C)c2cccc(Cl)c2)s1. The van der Waals surface area contributed by atoms with Crippen molar-refractivity contribution < 1.29 is 14.3 Å². The molecule has 1 aromatic carbocycles. The molecule has 0 bridgehead atoms. The fourth-order valence-corrected chi connectivity index (χ4v) is 3.06. The van der Waals surface area contributed by atoms with Crippen LogP contribution in [0.3, 0.4) is 0 Å². The summed E-state index contributed by atoms with van der Waals surface area (Å²) in [6.07, 6.45) is 1.56. The lowest BCUT2D eigenvalue weighted by atomic mass is 10.1. The van der Waals surface area contributed by atoms with Crippen LogP contribution in [0.25, 0.3) is 0 Å². The second-order valence-electron chi connectivity index (χ2n) is 5.31. The van der Waals surface area contributed by atoms with Gasteiger partial charge in [0.2, 0.25) is 5.13 Å². The van der Waals surface area contributed by atoms with E-state index in [0.717, 1.165) is 10.6 Å². The number of nitrogens with one attached hydrogen (secondary N) is 2. The van der Waals surface area contributed by atoms with Crippen LogP contribution in [-0.2, 0) is 16.0 Å².